The van der Waals surface area contributed by atoms with Crippen molar-refractivity contribution in [1.29, 1.82) is 0 Å². The van der Waals surface area contributed by atoms with Gasteiger partial charge < -0.3 is 15.0 Å². The topological polar surface area (TPSA) is 59.4 Å². The Hall–Kier alpha value is -2.60. The minimum absolute atomic E-state index is 0.101. The van der Waals surface area contributed by atoms with Gasteiger partial charge in [-0.3, -0.25) is 9.48 Å². The highest BCUT2D eigenvalue weighted by Gasteiger charge is 2.25. The molecular weight excluding hydrogens is 388 g/mol. The van der Waals surface area contributed by atoms with Gasteiger partial charge in [-0.2, -0.15) is 5.10 Å². The first-order chi connectivity index (χ1) is 15.1. The molecular formula is C25H34N4O2. The Morgan fingerprint density at radius 1 is 1.13 bits per heavy atom. The number of aromatic nitrogens is 2. The summed E-state index contributed by atoms with van der Waals surface area (Å²) in [7, 11) is 3.52. The lowest BCUT2D eigenvalue weighted by Gasteiger charge is -2.34. The number of carbonyl (C=O) groups is 1. The van der Waals surface area contributed by atoms with Crippen LogP contribution in [0.2, 0.25) is 0 Å². The number of hydrogen-bond donors (Lipinski definition) is 1. The molecule has 2 aromatic rings. The lowest BCUT2D eigenvalue weighted by Crippen LogP contribution is -2.38. The third-order valence-electron chi connectivity index (χ3n) is 6.58. The number of likely N-dealkylation sites (tertiary alicyclic amines) is 1. The van der Waals surface area contributed by atoms with Crippen LogP contribution in [0.1, 0.15) is 48.2 Å². The second-order valence-electron chi connectivity index (χ2n) is 8.94. The SMILES string of the molecule is COc1ccc(NC(=O)c2cn(C)nc2CC2CCN(C[C@@H]3CC=CCC3)CC2)cc1. The van der Waals surface area contributed by atoms with Gasteiger partial charge in [-0.25, -0.2) is 0 Å². The molecule has 1 aliphatic heterocycles. The van der Waals surface area contributed by atoms with Crippen molar-refractivity contribution >= 4 is 11.6 Å². The summed E-state index contributed by atoms with van der Waals surface area (Å²) in [5.74, 6) is 2.08. The lowest BCUT2D eigenvalue weighted by molar-refractivity contribution is 0.102. The lowest BCUT2D eigenvalue weighted by atomic mass is 9.89. The first-order valence-electron chi connectivity index (χ1n) is 11.5. The van der Waals surface area contributed by atoms with Crippen LogP contribution in [-0.4, -0.2) is 47.3 Å². The van der Waals surface area contributed by atoms with Gasteiger partial charge in [0.05, 0.1) is 18.4 Å². The Kier molecular flexibility index (Phi) is 7.07. The molecule has 6 heteroatoms. The van der Waals surface area contributed by atoms with E-state index < -0.39 is 0 Å². The van der Waals surface area contributed by atoms with E-state index in [-0.39, 0.29) is 5.91 Å². The van der Waals surface area contributed by atoms with E-state index in [1.807, 2.05) is 37.5 Å². The van der Waals surface area contributed by atoms with Crippen molar-refractivity contribution in [3.63, 3.8) is 0 Å². The maximum atomic E-state index is 12.9. The summed E-state index contributed by atoms with van der Waals surface area (Å²) in [5, 5.41) is 7.61. The number of ether oxygens (including phenoxy) is 1. The third-order valence-corrected chi connectivity index (χ3v) is 6.58. The summed E-state index contributed by atoms with van der Waals surface area (Å²) in [5.41, 5.74) is 2.34. The van der Waals surface area contributed by atoms with Gasteiger partial charge in [0.1, 0.15) is 5.75 Å². The van der Waals surface area contributed by atoms with Gasteiger partial charge in [-0.1, -0.05) is 12.2 Å². The number of aryl methyl sites for hydroxylation is 1. The van der Waals surface area contributed by atoms with E-state index in [1.54, 1.807) is 11.8 Å². The third kappa shape index (κ3) is 5.76. The van der Waals surface area contributed by atoms with Crippen LogP contribution in [0.25, 0.3) is 0 Å². The van der Waals surface area contributed by atoms with Crippen molar-refractivity contribution in [3.8, 4) is 5.75 Å². The zero-order valence-corrected chi connectivity index (χ0v) is 18.7. The number of piperidine rings is 1. The van der Waals surface area contributed by atoms with E-state index >= 15 is 0 Å². The molecule has 1 saturated heterocycles. The molecule has 4 rings (SSSR count). The molecule has 1 aliphatic carbocycles. The number of carbonyl (C=O) groups excluding carboxylic acids is 1. The minimum atomic E-state index is -0.101. The number of rotatable bonds is 7. The number of allylic oxidation sites excluding steroid dienone is 2. The number of amides is 1. The number of methoxy groups -OCH3 is 1. The van der Waals surface area contributed by atoms with Gasteiger partial charge in [0, 0.05) is 25.5 Å². The van der Waals surface area contributed by atoms with Crippen LogP contribution < -0.4 is 10.1 Å². The Labute approximate surface area is 185 Å². The van der Waals surface area contributed by atoms with Gasteiger partial charge in [0.25, 0.3) is 5.91 Å². The molecule has 2 aliphatic rings. The number of nitrogens with one attached hydrogen (secondary N) is 1. The predicted octanol–water partition coefficient (Wildman–Crippen LogP) is 4.29. The van der Waals surface area contributed by atoms with E-state index in [0.29, 0.717) is 11.5 Å². The molecule has 1 fully saturated rings. The highest BCUT2D eigenvalue weighted by molar-refractivity contribution is 6.04. The number of anilines is 1. The molecule has 1 aromatic carbocycles. The maximum absolute atomic E-state index is 12.9. The molecule has 1 atom stereocenters. The van der Waals surface area contributed by atoms with Crippen LogP contribution in [0, 0.1) is 11.8 Å². The monoisotopic (exact) mass is 422 g/mol. The molecule has 2 heterocycles. The second kappa shape index (κ2) is 10.1. The van der Waals surface area contributed by atoms with E-state index in [2.05, 4.69) is 27.5 Å². The fraction of sp³-hybridized carbons (Fsp3) is 0.520. The second-order valence-corrected chi connectivity index (χ2v) is 8.94. The molecule has 0 saturated carbocycles. The van der Waals surface area contributed by atoms with Crippen LogP contribution in [0.4, 0.5) is 5.69 Å². The first kappa shape index (κ1) is 21.6. The highest BCUT2D eigenvalue weighted by atomic mass is 16.5. The zero-order valence-electron chi connectivity index (χ0n) is 18.7. The number of hydrogen-bond acceptors (Lipinski definition) is 4. The fourth-order valence-electron chi connectivity index (χ4n) is 4.78. The molecule has 0 spiro atoms. The smallest absolute Gasteiger partial charge is 0.259 e. The van der Waals surface area contributed by atoms with Gasteiger partial charge >= 0.3 is 0 Å². The van der Waals surface area contributed by atoms with Crippen LogP contribution in [0.15, 0.2) is 42.6 Å². The van der Waals surface area contributed by atoms with Crippen molar-refractivity contribution in [2.45, 2.75) is 38.5 Å². The van der Waals surface area contributed by atoms with E-state index in [9.17, 15) is 4.79 Å². The largest absolute Gasteiger partial charge is 0.497 e. The van der Waals surface area contributed by atoms with Crippen LogP contribution in [0.5, 0.6) is 5.75 Å². The highest BCUT2D eigenvalue weighted by Crippen LogP contribution is 2.26. The Balaban J connectivity index is 1.32. The molecule has 31 heavy (non-hydrogen) atoms. The van der Waals surface area contributed by atoms with E-state index in [4.69, 9.17) is 4.74 Å². The van der Waals surface area contributed by atoms with Crippen LogP contribution in [-0.2, 0) is 13.5 Å². The minimum Gasteiger partial charge on any atom is -0.497 e. The van der Waals surface area contributed by atoms with Crippen LogP contribution in [0.3, 0.4) is 0 Å². The standard InChI is InChI=1S/C25H34N4O2/c1-28-18-23(25(30)26-21-8-10-22(31-2)11-9-21)24(27-28)16-19-12-14-29(15-13-19)17-20-6-4-3-5-7-20/h3-4,8-11,18-20H,5-7,12-17H2,1-2H3,(H,26,30)/t20-/m1/s1. The molecule has 6 nitrogen and oxygen atoms in total. The molecule has 1 aromatic heterocycles. The Morgan fingerprint density at radius 3 is 2.58 bits per heavy atom. The molecule has 1 N–H and O–H groups in total. The summed E-state index contributed by atoms with van der Waals surface area (Å²) in [6.45, 7) is 3.55. The average Bonchev–Trinajstić information content (AvgIpc) is 3.16. The van der Waals surface area contributed by atoms with Crippen molar-refractivity contribution in [2.75, 3.05) is 32.1 Å². The van der Waals surface area contributed by atoms with E-state index in [0.717, 1.165) is 42.6 Å². The van der Waals surface area contributed by atoms with E-state index in [1.165, 1.54) is 38.6 Å². The van der Waals surface area contributed by atoms with Gasteiger partial charge in [-0.15, -0.1) is 0 Å². The average molecular weight is 423 g/mol. The van der Waals surface area contributed by atoms with Gasteiger partial charge in [0.2, 0.25) is 0 Å². The Bertz CT molecular complexity index is 895. The number of benzene rings is 1. The van der Waals surface area contributed by atoms with Crippen molar-refractivity contribution in [2.24, 2.45) is 18.9 Å². The summed E-state index contributed by atoms with van der Waals surface area (Å²) in [6.07, 6.45) is 13.5. The molecule has 0 bridgehead atoms. The summed E-state index contributed by atoms with van der Waals surface area (Å²) in [4.78, 5) is 15.5. The summed E-state index contributed by atoms with van der Waals surface area (Å²) >= 11 is 0. The Morgan fingerprint density at radius 2 is 1.90 bits per heavy atom. The van der Waals surface area contributed by atoms with Gasteiger partial charge in [0.15, 0.2) is 0 Å². The fourth-order valence-corrected chi connectivity index (χ4v) is 4.78. The molecule has 166 valence electrons. The predicted molar refractivity (Wildman–Crippen MR) is 124 cm³/mol. The molecule has 0 radical (unpaired) electrons. The zero-order chi connectivity index (χ0) is 21.6. The summed E-state index contributed by atoms with van der Waals surface area (Å²) < 4.78 is 6.94. The molecule has 0 unspecified atom stereocenters. The number of nitrogens with zero attached hydrogens (tertiary/aromatic N) is 3. The summed E-state index contributed by atoms with van der Waals surface area (Å²) in [6, 6.07) is 7.39. The maximum Gasteiger partial charge on any atom is 0.259 e. The quantitative estimate of drug-likeness (QED) is 0.676. The van der Waals surface area contributed by atoms with Crippen LogP contribution >= 0.6 is 0 Å². The van der Waals surface area contributed by atoms with Crippen molar-refractivity contribution in [1.82, 2.24) is 14.7 Å². The first-order valence-corrected chi connectivity index (χ1v) is 11.5. The molecule has 1 amide bonds. The normalized spacial score (nSPS) is 20.0. The van der Waals surface area contributed by atoms with Crippen molar-refractivity contribution < 1.29 is 9.53 Å². The van der Waals surface area contributed by atoms with Gasteiger partial charge in [-0.05, 0) is 87.7 Å². The van der Waals surface area contributed by atoms with Crippen molar-refractivity contribution in [3.05, 3.63) is 53.9 Å².